The SMILES string of the molecule is Cc1ccc(C(C)(C)C)cc1Nc1nc(N2CCC(c3ccc[n+](C)c3)CC2)nc2ncn(C)c12. The third kappa shape index (κ3) is 4.72. The molecule has 7 heteroatoms. The van der Waals surface area contributed by atoms with Gasteiger partial charge in [-0.1, -0.05) is 32.9 Å². The topological polar surface area (TPSA) is 62.8 Å². The average molecular weight is 471 g/mol. The van der Waals surface area contributed by atoms with Crippen LogP contribution in [-0.4, -0.2) is 32.6 Å². The Labute approximate surface area is 207 Å². The van der Waals surface area contributed by atoms with Crippen molar-refractivity contribution >= 4 is 28.6 Å². The zero-order valence-corrected chi connectivity index (χ0v) is 21.7. The van der Waals surface area contributed by atoms with Crippen molar-refractivity contribution in [2.24, 2.45) is 14.1 Å². The highest BCUT2D eigenvalue weighted by Crippen LogP contribution is 2.33. The standard InChI is InChI=1S/C28H36N7/c1-19-9-10-22(28(2,3)4)16-23(19)30-26-24-25(29-18-34(24)6)31-27(32-26)35-14-11-20(12-15-35)21-8-7-13-33(5)17-21/h7-10,13,16-18,20H,11-12,14-15H2,1-6H3,(H,30,31,32)/q+1. The number of benzene rings is 1. The van der Waals surface area contributed by atoms with Crippen LogP contribution in [0.1, 0.15) is 56.2 Å². The van der Waals surface area contributed by atoms with E-state index in [1.54, 1.807) is 0 Å². The van der Waals surface area contributed by atoms with Crippen molar-refractivity contribution in [3.05, 3.63) is 65.7 Å². The number of nitrogens with zero attached hydrogens (tertiary/aromatic N) is 6. The summed E-state index contributed by atoms with van der Waals surface area (Å²) in [5.74, 6) is 2.12. The number of piperidine rings is 1. The maximum absolute atomic E-state index is 5.04. The van der Waals surface area contributed by atoms with Crippen molar-refractivity contribution in [2.75, 3.05) is 23.3 Å². The molecular formula is C28H36N7+. The lowest BCUT2D eigenvalue weighted by Crippen LogP contribution is -2.35. The van der Waals surface area contributed by atoms with Crippen LogP contribution in [0.4, 0.5) is 17.5 Å². The molecule has 1 aliphatic heterocycles. The van der Waals surface area contributed by atoms with Gasteiger partial charge in [-0.25, -0.2) is 9.55 Å². The number of aromatic nitrogens is 5. The predicted octanol–water partition coefficient (Wildman–Crippen LogP) is 4.92. The molecule has 35 heavy (non-hydrogen) atoms. The molecule has 1 saturated heterocycles. The fourth-order valence-electron chi connectivity index (χ4n) is 4.89. The van der Waals surface area contributed by atoms with E-state index in [4.69, 9.17) is 9.97 Å². The molecule has 0 saturated carbocycles. The van der Waals surface area contributed by atoms with Crippen LogP contribution in [0.2, 0.25) is 0 Å². The average Bonchev–Trinajstić information content (AvgIpc) is 3.21. The minimum atomic E-state index is 0.0724. The van der Waals surface area contributed by atoms with Crippen LogP contribution in [0.25, 0.3) is 11.2 Å². The lowest BCUT2D eigenvalue weighted by Gasteiger charge is -2.32. The summed E-state index contributed by atoms with van der Waals surface area (Å²) in [5.41, 5.74) is 6.67. The second-order valence-electron chi connectivity index (χ2n) is 10.9. The van der Waals surface area contributed by atoms with E-state index in [0.717, 1.165) is 54.5 Å². The van der Waals surface area contributed by atoms with E-state index in [9.17, 15) is 0 Å². The summed E-state index contributed by atoms with van der Waals surface area (Å²) in [4.78, 5) is 16.8. The normalized spacial score (nSPS) is 15.1. The van der Waals surface area contributed by atoms with Gasteiger partial charge in [0.25, 0.3) is 0 Å². The van der Waals surface area contributed by atoms with E-state index in [0.29, 0.717) is 5.92 Å². The van der Waals surface area contributed by atoms with E-state index in [2.05, 4.69) is 97.2 Å². The first kappa shape index (κ1) is 23.3. The molecule has 7 nitrogen and oxygen atoms in total. The minimum absolute atomic E-state index is 0.0724. The van der Waals surface area contributed by atoms with Gasteiger partial charge >= 0.3 is 0 Å². The van der Waals surface area contributed by atoms with Gasteiger partial charge < -0.3 is 14.8 Å². The van der Waals surface area contributed by atoms with Gasteiger partial charge in [0.05, 0.1) is 6.33 Å². The second kappa shape index (κ2) is 8.95. The van der Waals surface area contributed by atoms with E-state index in [1.807, 2.05) is 17.9 Å². The lowest BCUT2D eigenvalue weighted by molar-refractivity contribution is -0.672. The molecular weight excluding hydrogens is 434 g/mol. The number of hydrogen-bond donors (Lipinski definition) is 1. The Morgan fingerprint density at radius 1 is 1.09 bits per heavy atom. The maximum Gasteiger partial charge on any atom is 0.229 e. The van der Waals surface area contributed by atoms with Gasteiger partial charge in [-0.3, -0.25) is 0 Å². The zero-order valence-electron chi connectivity index (χ0n) is 21.7. The molecule has 0 spiro atoms. The molecule has 3 aromatic heterocycles. The summed E-state index contributed by atoms with van der Waals surface area (Å²) in [6.07, 6.45) is 8.31. The number of rotatable bonds is 4. The molecule has 0 radical (unpaired) electrons. The Hall–Kier alpha value is -3.48. The Balaban J connectivity index is 1.44. The summed E-state index contributed by atoms with van der Waals surface area (Å²) in [6.45, 7) is 10.7. The van der Waals surface area contributed by atoms with Crippen LogP contribution in [0.5, 0.6) is 0 Å². The number of pyridine rings is 1. The first-order valence-electron chi connectivity index (χ1n) is 12.5. The highest BCUT2D eigenvalue weighted by molar-refractivity contribution is 5.87. The molecule has 182 valence electrons. The van der Waals surface area contributed by atoms with Gasteiger partial charge in [-0.05, 0) is 54.4 Å². The monoisotopic (exact) mass is 470 g/mol. The Morgan fingerprint density at radius 2 is 1.86 bits per heavy atom. The van der Waals surface area contributed by atoms with Gasteiger partial charge in [0.1, 0.15) is 12.6 Å². The number of hydrogen-bond acceptors (Lipinski definition) is 5. The quantitative estimate of drug-likeness (QED) is 0.429. The van der Waals surface area contributed by atoms with E-state index in [-0.39, 0.29) is 5.41 Å². The molecule has 0 bridgehead atoms. The lowest BCUT2D eigenvalue weighted by atomic mass is 9.86. The Morgan fingerprint density at radius 3 is 2.57 bits per heavy atom. The van der Waals surface area contributed by atoms with Crippen molar-refractivity contribution in [1.82, 2.24) is 19.5 Å². The molecule has 1 fully saturated rings. The smallest absolute Gasteiger partial charge is 0.229 e. The summed E-state index contributed by atoms with van der Waals surface area (Å²) >= 11 is 0. The van der Waals surface area contributed by atoms with Crippen LogP contribution in [0.3, 0.4) is 0 Å². The molecule has 5 rings (SSSR count). The largest absolute Gasteiger partial charge is 0.341 e. The van der Waals surface area contributed by atoms with E-state index in [1.165, 1.54) is 16.7 Å². The van der Waals surface area contributed by atoms with Crippen molar-refractivity contribution < 1.29 is 4.57 Å². The van der Waals surface area contributed by atoms with Crippen LogP contribution in [0, 0.1) is 6.92 Å². The maximum atomic E-state index is 5.04. The van der Waals surface area contributed by atoms with Crippen molar-refractivity contribution in [1.29, 1.82) is 0 Å². The number of fused-ring (bicyclic) bond motifs is 1. The van der Waals surface area contributed by atoms with Crippen LogP contribution >= 0.6 is 0 Å². The van der Waals surface area contributed by atoms with Crippen LogP contribution in [-0.2, 0) is 19.5 Å². The number of imidazole rings is 1. The summed E-state index contributed by atoms with van der Waals surface area (Å²) in [7, 11) is 4.08. The summed E-state index contributed by atoms with van der Waals surface area (Å²) in [5, 5.41) is 3.63. The highest BCUT2D eigenvalue weighted by atomic mass is 15.3. The molecule has 0 unspecified atom stereocenters. The van der Waals surface area contributed by atoms with Crippen LogP contribution < -0.4 is 14.8 Å². The molecule has 1 N–H and O–H groups in total. The Kier molecular flexibility index (Phi) is 5.95. The fourth-order valence-corrected chi connectivity index (χ4v) is 4.89. The van der Waals surface area contributed by atoms with Crippen LogP contribution in [0.15, 0.2) is 49.1 Å². The third-order valence-electron chi connectivity index (χ3n) is 7.13. The zero-order chi connectivity index (χ0) is 24.7. The van der Waals surface area contributed by atoms with Gasteiger partial charge in [-0.15, -0.1) is 0 Å². The third-order valence-corrected chi connectivity index (χ3v) is 7.13. The second-order valence-corrected chi connectivity index (χ2v) is 10.9. The molecule has 4 heterocycles. The Bertz CT molecular complexity index is 1360. The number of aryl methyl sites for hydroxylation is 3. The molecule has 0 atom stereocenters. The predicted molar refractivity (Wildman–Crippen MR) is 141 cm³/mol. The minimum Gasteiger partial charge on any atom is -0.341 e. The van der Waals surface area contributed by atoms with E-state index < -0.39 is 0 Å². The van der Waals surface area contributed by atoms with Gasteiger partial charge in [0, 0.05) is 37.5 Å². The summed E-state index contributed by atoms with van der Waals surface area (Å²) < 4.78 is 4.13. The van der Waals surface area contributed by atoms with E-state index >= 15 is 0 Å². The molecule has 4 aromatic rings. The van der Waals surface area contributed by atoms with Crippen molar-refractivity contribution in [3.8, 4) is 0 Å². The first-order valence-corrected chi connectivity index (χ1v) is 12.5. The van der Waals surface area contributed by atoms with Crippen molar-refractivity contribution in [3.63, 3.8) is 0 Å². The molecule has 1 aliphatic rings. The van der Waals surface area contributed by atoms with Crippen molar-refractivity contribution in [2.45, 2.75) is 51.9 Å². The fraction of sp³-hybridized carbons (Fsp3) is 0.429. The molecule has 0 amide bonds. The molecule has 1 aromatic carbocycles. The molecule has 0 aliphatic carbocycles. The highest BCUT2D eigenvalue weighted by Gasteiger charge is 2.25. The van der Waals surface area contributed by atoms with Gasteiger partial charge in [0.15, 0.2) is 23.9 Å². The van der Waals surface area contributed by atoms with Gasteiger partial charge in [-0.2, -0.15) is 9.97 Å². The first-order chi connectivity index (χ1) is 16.7. The van der Waals surface area contributed by atoms with Gasteiger partial charge in [0.2, 0.25) is 5.95 Å². The number of nitrogens with one attached hydrogen (secondary N) is 1. The number of anilines is 3. The summed E-state index contributed by atoms with van der Waals surface area (Å²) in [6, 6.07) is 11.0.